The van der Waals surface area contributed by atoms with Gasteiger partial charge in [-0.05, 0) is 88.6 Å². The maximum absolute atomic E-state index is 13.6. The SMILES string of the molecule is CSCC[C@H](NC(=O)[C@H](CC(C)C)NC(=O)[C@H](CC(C)C)NC(=O)[C@H](C)N)C(=O)N[C@@H](C)C(=O)NCC(=O)N[C@@H](CC(C)C)C(=O)N[C@@H](C)C(=O)N[C@@H](CC(C)C)C(=O)O. The zero-order chi connectivity index (χ0) is 46.4. The van der Waals surface area contributed by atoms with Crippen LogP contribution in [-0.4, -0.2) is 125 Å². The van der Waals surface area contributed by atoms with Crippen LogP contribution in [0.2, 0.25) is 0 Å². The molecule has 0 unspecified atom stereocenters. The molecular formula is C40H73N9O10S. The van der Waals surface area contributed by atoms with Gasteiger partial charge in [0, 0.05) is 0 Å². The van der Waals surface area contributed by atoms with E-state index in [2.05, 4.69) is 42.5 Å². The highest BCUT2D eigenvalue weighted by Gasteiger charge is 2.32. The van der Waals surface area contributed by atoms with Crippen molar-refractivity contribution in [2.75, 3.05) is 18.6 Å². The van der Waals surface area contributed by atoms with E-state index in [1.807, 2.05) is 61.6 Å². The lowest BCUT2D eigenvalue weighted by Crippen LogP contribution is -2.59. The summed E-state index contributed by atoms with van der Waals surface area (Å²) in [6.45, 7) is 18.5. The molecule has 344 valence electrons. The van der Waals surface area contributed by atoms with Gasteiger partial charge in [-0.3, -0.25) is 38.4 Å². The summed E-state index contributed by atoms with van der Waals surface area (Å²) in [5, 5.41) is 30.0. The number of rotatable bonds is 28. The Hall–Kier alpha value is -4.46. The molecule has 0 fully saturated rings. The molecule has 0 heterocycles. The van der Waals surface area contributed by atoms with E-state index in [4.69, 9.17) is 5.73 Å². The zero-order valence-corrected chi connectivity index (χ0v) is 38.3. The number of aliphatic carboxylic acids is 1. The number of carboxylic acid groups (broad SMARTS) is 1. The normalized spacial score (nSPS) is 15.3. The number of hydrogen-bond donors (Lipinski definition) is 10. The molecule has 0 bridgehead atoms. The number of nitrogens with two attached hydrogens (primary N) is 1. The number of amides is 8. The molecule has 0 aromatic heterocycles. The van der Waals surface area contributed by atoms with Crippen molar-refractivity contribution in [1.29, 1.82) is 0 Å². The first kappa shape index (κ1) is 55.5. The molecule has 8 atom stereocenters. The predicted octanol–water partition coefficient (Wildman–Crippen LogP) is -0.0947. The van der Waals surface area contributed by atoms with Gasteiger partial charge < -0.3 is 53.4 Å². The van der Waals surface area contributed by atoms with Crippen LogP contribution in [0.15, 0.2) is 0 Å². The quantitative estimate of drug-likeness (QED) is 0.0494. The fourth-order valence-corrected chi connectivity index (χ4v) is 6.25. The van der Waals surface area contributed by atoms with Gasteiger partial charge in [0.2, 0.25) is 47.3 Å². The van der Waals surface area contributed by atoms with E-state index in [0.29, 0.717) is 12.2 Å². The van der Waals surface area contributed by atoms with Gasteiger partial charge in [-0.15, -0.1) is 0 Å². The van der Waals surface area contributed by atoms with E-state index >= 15 is 0 Å². The molecule has 0 rings (SSSR count). The number of carbonyl (C=O) groups is 9. The van der Waals surface area contributed by atoms with Gasteiger partial charge >= 0.3 is 5.97 Å². The van der Waals surface area contributed by atoms with Crippen molar-refractivity contribution in [3.05, 3.63) is 0 Å². The Labute approximate surface area is 359 Å². The van der Waals surface area contributed by atoms with Crippen molar-refractivity contribution in [2.24, 2.45) is 29.4 Å². The minimum absolute atomic E-state index is 0.00985. The van der Waals surface area contributed by atoms with Crippen LogP contribution in [0.3, 0.4) is 0 Å². The van der Waals surface area contributed by atoms with Gasteiger partial charge in [-0.1, -0.05) is 55.4 Å². The molecule has 0 saturated carbocycles. The topological polar surface area (TPSA) is 296 Å². The second kappa shape index (κ2) is 28.1. The van der Waals surface area contributed by atoms with Crippen molar-refractivity contribution < 1.29 is 48.3 Å². The van der Waals surface area contributed by atoms with E-state index in [1.165, 1.54) is 32.5 Å². The van der Waals surface area contributed by atoms with Crippen molar-refractivity contribution >= 4 is 65.0 Å². The average molecular weight is 872 g/mol. The van der Waals surface area contributed by atoms with Crippen LogP contribution in [0.5, 0.6) is 0 Å². The Kier molecular flexibility index (Phi) is 26.0. The van der Waals surface area contributed by atoms with E-state index < -0.39 is 108 Å². The van der Waals surface area contributed by atoms with Crippen LogP contribution < -0.4 is 48.3 Å². The van der Waals surface area contributed by atoms with E-state index in [9.17, 15) is 48.3 Å². The summed E-state index contributed by atoms with van der Waals surface area (Å²) in [5.74, 6) is -6.05. The van der Waals surface area contributed by atoms with Crippen LogP contribution in [0.25, 0.3) is 0 Å². The van der Waals surface area contributed by atoms with Gasteiger partial charge in [0.05, 0.1) is 12.6 Å². The summed E-state index contributed by atoms with van der Waals surface area (Å²) in [7, 11) is 0. The van der Waals surface area contributed by atoms with Crippen LogP contribution in [0.1, 0.15) is 108 Å². The first-order valence-corrected chi connectivity index (χ1v) is 22.0. The standard InChI is InChI=1S/C40H73N9O10S/c1-20(2)15-28(37(55)44-26(11)35(53)49-31(40(58)59)18-23(7)8)45-32(50)19-42-34(52)25(10)43-36(54)27(13-14-60-12)46-38(56)30(17-22(5)6)48-39(57)29(16-21(3)4)47-33(51)24(9)41/h20-31H,13-19,41H2,1-12H3,(H,42,52)(H,43,54)(H,44,55)(H,45,50)(H,46,56)(H,47,51)(H,48,57)(H,49,53)(H,58,59)/t24-,25-,26-,27-,28-,29-,30-,31-/m0/s1. The molecule has 0 aliphatic heterocycles. The molecule has 0 aromatic rings. The Morgan fingerprint density at radius 2 is 0.817 bits per heavy atom. The van der Waals surface area contributed by atoms with Crippen LogP contribution >= 0.6 is 11.8 Å². The first-order valence-electron chi connectivity index (χ1n) is 20.7. The fraction of sp³-hybridized carbons (Fsp3) is 0.775. The first-order chi connectivity index (χ1) is 27.8. The minimum Gasteiger partial charge on any atom is -0.480 e. The third-order valence-corrected chi connectivity index (χ3v) is 9.59. The summed E-state index contributed by atoms with van der Waals surface area (Å²) in [6, 6.07) is -8.45. The smallest absolute Gasteiger partial charge is 0.326 e. The molecular weight excluding hydrogens is 799 g/mol. The highest BCUT2D eigenvalue weighted by atomic mass is 32.2. The van der Waals surface area contributed by atoms with Gasteiger partial charge in [-0.2, -0.15) is 11.8 Å². The average Bonchev–Trinajstić information content (AvgIpc) is 3.12. The maximum atomic E-state index is 13.6. The number of carbonyl (C=O) groups excluding carboxylic acids is 8. The van der Waals surface area contributed by atoms with Crippen LogP contribution in [0, 0.1) is 23.7 Å². The molecule has 0 radical (unpaired) electrons. The monoisotopic (exact) mass is 872 g/mol. The Bertz CT molecular complexity index is 1460. The van der Waals surface area contributed by atoms with Crippen molar-refractivity contribution in [2.45, 2.75) is 157 Å². The van der Waals surface area contributed by atoms with E-state index in [0.717, 1.165) is 0 Å². The summed E-state index contributed by atoms with van der Waals surface area (Å²) in [5.41, 5.74) is 5.70. The molecule has 19 nitrogen and oxygen atoms in total. The van der Waals surface area contributed by atoms with E-state index in [-0.39, 0.29) is 49.4 Å². The van der Waals surface area contributed by atoms with Crippen molar-refractivity contribution in [3.8, 4) is 0 Å². The lowest BCUT2D eigenvalue weighted by atomic mass is 9.99. The highest BCUT2D eigenvalue weighted by molar-refractivity contribution is 7.98. The third-order valence-electron chi connectivity index (χ3n) is 8.95. The van der Waals surface area contributed by atoms with Crippen LogP contribution in [-0.2, 0) is 43.2 Å². The lowest BCUT2D eigenvalue weighted by molar-refractivity contribution is -0.142. The Balaban J connectivity index is 5.67. The summed E-state index contributed by atoms with van der Waals surface area (Å²) < 4.78 is 0. The summed E-state index contributed by atoms with van der Waals surface area (Å²) >= 11 is 1.43. The summed E-state index contributed by atoms with van der Waals surface area (Å²) in [6.07, 6.45) is 2.91. The molecule has 0 spiro atoms. The number of nitrogens with one attached hydrogen (secondary N) is 8. The number of carboxylic acids is 1. The Morgan fingerprint density at radius 3 is 1.23 bits per heavy atom. The zero-order valence-electron chi connectivity index (χ0n) is 37.5. The number of hydrogen-bond acceptors (Lipinski definition) is 11. The molecule has 0 aliphatic carbocycles. The second-order valence-corrected chi connectivity index (χ2v) is 18.0. The number of thioether (sulfide) groups is 1. The molecule has 8 amide bonds. The fourth-order valence-electron chi connectivity index (χ4n) is 5.78. The van der Waals surface area contributed by atoms with E-state index in [1.54, 1.807) is 0 Å². The van der Waals surface area contributed by atoms with Crippen molar-refractivity contribution in [3.63, 3.8) is 0 Å². The van der Waals surface area contributed by atoms with Crippen LogP contribution in [0.4, 0.5) is 0 Å². The third kappa shape index (κ3) is 22.8. The highest BCUT2D eigenvalue weighted by Crippen LogP contribution is 2.11. The largest absolute Gasteiger partial charge is 0.480 e. The van der Waals surface area contributed by atoms with Crippen molar-refractivity contribution in [1.82, 2.24) is 42.5 Å². The predicted molar refractivity (Wildman–Crippen MR) is 230 cm³/mol. The summed E-state index contributed by atoms with van der Waals surface area (Å²) in [4.78, 5) is 116. The van der Waals surface area contributed by atoms with Gasteiger partial charge in [0.25, 0.3) is 0 Å². The molecule has 0 aromatic carbocycles. The maximum Gasteiger partial charge on any atom is 0.326 e. The lowest BCUT2D eigenvalue weighted by Gasteiger charge is -2.27. The molecule has 0 saturated heterocycles. The molecule has 20 heteroatoms. The van der Waals surface area contributed by atoms with Gasteiger partial charge in [-0.25, -0.2) is 4.79 Å². The minimum atomic E-state index is -1.20. The van der Waals surface area contributed by atoms with Gasteiger partial charge in [0.15, 0.2) is 0 Å². The van der Waals surface area contributed by atoms with Gasteiger partial charge in [0.1, 0.15) is 42.3 Å². The molecule has 0 aliphatic rings. The Morgan fingerprint density at radius 1 is 0.467 bits per heavy atom. The molecule has 60 heavy (non-hydrogen) atoms. The second-order valence-electron chi connectivity index (χ2n) is 17.0. The molecule has 11 N–H and O–H groups in total.